The van der Waals surface area contributed by atoms with Crippen molar-refractivity contribution < 1.29 is 8.42 Å². The zero-order valence-corrected chi connectivity index (χ0v) is 14.0. The average molecular weight is 341 g/mol. The maximum absolute atomic E-state index is 12.7. The first kappa shape index (κ1) is 16.6. The number of nitrogens with zero attached hydrogens (tertiary/aromatic N) is 1. The van der Waals surface area contributed by atoms with Crippen LogP contribution in [0.2, 0.25) is 0 Å². The smallest absolute Gasteiger partial charge is 0.241 e. The molecule has 3 aromatic rings. The molecule has 1 heterocycles. The van der Waals surface area contributed by atoms with Gasteiger partial charge in [0.05, 0.1) is 4.90 Å². The summed E-state index contributed by atoms with van der Waals surface area (Å²) < 4.78 is 28.1. The minimum atomic E-state index is -3.62. The minimum absolute atomic E-state index is 0.262. The minimum Gasteiger partial charge on any atom is -0.330 e. The van der Waals surface area contributed by atoms with Gasteiger partial charge in [0.2, 0.25) is 10.0 Å². The summed E-state index contributed by atoms with van der Waals surface area (Å²) in [6.45, 7) is 0.762. The molecule has 0 bridgehead atoms. The molecule has 0 amide bonds. The molecule has 1 aromatic heterocycles. The van der Waals surface area contributed by atoms with Gasteiger partial charge in [0.1, 0.15) is 0 Å². The van der Waals surface area contributed by atoms with E-state index in [1.54, 1.807) is 24.5 Å². The Morgan fingerprint density at radius 1 is 1.04 bits per heavy atom. The lowest BCUT2D eigenvalue weighted by Gasteiger charge is -2.12. The predicted octanol–water partition coefficient (Wildman–Crippen LogP) is 2.53. The van der Waals surface area contributed by atoms with Crippen LogP contribution < -0.4 is 10.5 Å². The number of aromatic nitrogens is 1. The first-order valence-corrected chi connectivity index (χ1v) is 9.23. The Morgan fingerprint density at radius 3 is 2.58 bits per heavy atom. The molecule has 0 aliphatic heterocycles. The molecule has 0 aliphatic carbocycles. The van der Waals surface area contributed by atoms with Crippen LogP contribution >= 0.6 is 0 Å². The van der Waals surface area contributed by atoms with Crippen molar-refractivity contribution in [3.8, 4) is 11.1 Å². The van der Waals surface area contributed by atoms with Crippen molar-refractivity contribution in [2.75, 3.05) is 13.1 Å². The van der Waals surface area contributed by atoms with Crippen LogP contribution in [0.5, 0.6) is 0 Å². The Balaban J connectivity index is 2.15. The molecule has 2 aromatic carbocycles. The van der Waals surface area contributed by atoms with Crippen molar-refractivity contribution in [3.05, 3.63) is 60.9 Å². The van der Waals surface area contributed by atoms with E-state index in [9.17, 15) is 8.42 Å². The van der Waals surface area contributed by atoms with Gasteiger partial charge in [-0.15, -0.1) is 0 Å². The van der Waals surface area contributed by atoms with Gasteiger partial charge in [-0.3, -0.25) is 4.98 Å². The number of hydrogen-bond acceptors (Lipinski definition) is 4. The van der Waals surface area contributed by atoms with Gasteiger partial charge in [0.15, 0.2) is 0 Å². The van der Waals surface area contributed by atoms with Crippen LogP contribution in [0.1, 0.15) is 6.42 Å². The lowest BCUT2D eigenvalue weighted by atomic mass is 10.0. The van der Waals surface area contributed by atoms with Crippen molar-refractivity contribution >= 4 is 20.8 Å². The second-order valence-corrected chi connectivity index (χ2v) is 7.21. The lowest BCUT2D eigenvalue weighted by molar-refractivity contribution is 0.580. The highest BCUT2D eigenvalue weighted by Gasteiger charge is 2.18. The number of nitrogens with one attached hydrogen (secondary N) is 1. The van der Waals surface area contributed by atoms with E-state index in [-0.39, 0.29) is 4.90 Å². The number of pyridine rings is 1. The molecule has 0 aliphatic rings. The van der Waals surface area contributed by atoms with E-state index in [2.05, 4.69) is 9.71 Å². The number of sulfonamides is 1. The van der Waals surface area contributed by atoms with Crippen molar-refractivity contribution in [2.45, 2.75) is 11.3 Å². The third kappa shape index (κ3) is 3.46. The van der Waals surface area contributed by atoms with E-state index < -0.39 is 10.0 Å². The number of fused-ring (bicyclic) bond motifs is 1. The maximum atomic E-state index is 12.7. The first-order chi connectivity index (χ1) is 11.6. The molecule has 5 nitrogen and oxygen atoms in total. The molecule has 0 unspecified atom stereocenters. The molecule has 0 saturated carbocycles. The van der Waals surface area contributed by atoms with Crippen LogP contribution in [-0.4, -0.2) is 26.5 Å². The van der Waals surface area contributed by atoms with E-state index in [4.69, 9.17) is 5.73 Å². The van der Waals surface area contributed by atoms with Gasteiger partial charge < -0.3 is 5.73 Å². The van der Waals surface area contributed by atoms with E-state index in [1.165, 1.54) is 0 Å². The highest BCUT2D eigenvalue weighted by atomic mass is 32.2. The summed E-state index contributed by atoms with van der Waals surface area (Å²) in [5, 5.41) is 1.45. The molecular weight excluding hydrogens is 322 g/mol. The average Bonchev–Trinajstić information content (AvgIpc) is 2.61. The first-order valence-electron chi connectivity index (χ1n) is 7.75. The molecule has 0 atom stereocenters. The van der Waals surface area contributed by atoms with Gasteiger partial charge in [-0.1, -0.05) is 30.3 Å². The van der Waals surface area contributed by atoms with E-state index in [1.807, 2.05) is 36.4 Å². The normalized spacial score (nSPS) is 11.7. The number of nitrogens with two attached hydrogens (primary N) is 1. The van der Waals surface area contributed by atoms with Crippen LogP contribution in [0.3, 0.4) is 0 Å². The van der Waals surface area contributed by atoms with Crippen molar-refractivity contribution in [1.82, 2.24) is 9.71 Å². The molecule has 0 spiro atoms. The Morgan fingerprint density at radius 2 is 1.83 bits per heavy atom. The third-order valence-electron chi connectivity index (χ3n) is 3.78. The van der Waals surface area contributed by atoms with Crippen molar-refractivity contribution in [1.29, 1.82) is 0 Å². The van der Waals surface area contributed by atoms with E-state index >= 15 is 0 Å². The summed E-state index contributed by atoms with van der Waals surface area (Å²) in [5.74, 6) is 0. The Bertz CT molecular complexity index is 941. The Labute approximate surface area is 141 Å². The zero-order chi connectivity index (χ0) is 17.0. The van der Waals surface area contributed by atoms with Crippen molar-refractivity contribution in [3.63, 3.8) is 0 Å². The summed E-state index contributed by atoms with van der Waals surface area (Å²) >= 11 is 0. The van der Waals surface area contributed by atoms with E-state index in [0.717, 1.165) is 16.5 Å². The monoisotopic (exact) mass is 341 g/mol. The molecule has 3 rings (SSSR count). The van der Waals surface area contributed by atoms with Gasteiger partial charge >= 0.3 is 0 Å². The van der Waals surface area contributed by atoms with Crippen molar-refractivity contribution in [2.24, 2.45) is 5.73 Å². The van der Waals surface area contributed by atoms with Gasteiger partial charge in [0, 0.05) is 29.7 Å². The van der Waals surface area contributed by atoms with Crippen LogP contribution in [0.15, 0.2) is 65.8 Å². The molecule has 0 saturated heterocycles. The standard InChI is InChI=1S/C18H19N3O2S/c19-8-4-9-21-24(22,23)18-12-15(14-5-2-1-3-6-14)11-16-13-20-10-7-17(16)18/h1-3,5-7,10-13,21H,4,8-9,19H2. The fraction of sp³-hybridized carbons (Fsp3) is 0.167. The van der Waals surface area contributed by atoms with E-state index in [0.29, 0.717) is 24.9 Å². The van der Waals surface area contributed by atoms with Gasteiger partial charge in [-0.25, -0.2) is 13.1 Å². The van der Waals surface area contributed by atoms with Crippen LogP contribution in [-0.2, 0) is 10.0 Å². The Kier molecular flexibility index (Phi) is 4.89. The second-order valence-electron chi connectivity index (χ2n) is 5.48. The molecule has 6 heteroatoms. The summed E-state index contributed by atoms with van der Waals surface area (Å²) in [6.07, 6.45) is 3.88. The molecule has 124 valence electrons. The largest absolute Gasteiger partial charge is 0.330 e. The van der Waals surface area contributed by atoms with Gasteiger partial charge in [-0.2, -0.15) is 0 Å². The fourth-order valence-electron chi connectivity index (χ4n) is 2.58. The van der Waals surface area contributed by atoms with Gasteiger partial charge in [-0.05, 0) is 42.3 Å². The molecule has 0 radical (unpaired) electrons. The third-order valence-corrected chi connectivity index (χ3v) is 5.29. The highest BCUT2D eigenvalue weighted by Crippen LogP contribution is 2.29. The molecule has 24 heavy (non-hydrogen) atoms. The topological polar surface area (TPSA) is 85.1 Å². The van der Waals surface area contributed by atoms with Crippen LogP contribution in [0.4, 0.5) is 0 Å². The molecule has 3 N–H and O–H groups in total. The van der Waals surface area contributed by atoms with Crippen LogP contribution in [0.25, 0.3) is 21.9 Å². The SMILES string of the molecule is NCCCNS(=O)(=O)c1cc(-c2ccccc2)cc2cnccc12. The number of benzene rings is 2. The summed E-state index contributed by atoms with van der Waals surface area (Å²) in [4.78, 5) is 4.38. The predicted molar refractivity (Wildman–Crippen MR) is 96.0 cm³/mol. The quantitative estimate of drug-likeness (QED) is 0.675. The summed E-state index contributed by atoms with van der Waals surface area (Å²) in [6, 6.07) is 15.1. The Hall–Kier alpha value is -2.28. The fourth-order valence-corrected chi connectivity index (χ4v) is 3.91. The molecular formula is C18H19N3O2S. The summed E-state index contributed by atoms with van der Waals surface area (Å²) in [7, 11) is -3.62. The lowest BCUT2D eigenvalue weighted by Crippen LogP contribution is -2.26. The summed E-state index contributed by atoms with van der Waals surface area (Å²) in [5.41, 5.74) is 7.25. The maximum Gasteiger partial charge on any atom is 0.241 e. The zero-order valence-electron chi connectivity index (χ0n) is 13.1. The molecule has 0 fully saturated rings. The highest BCUT2D eigenvalue weighted by molar-refractivity contribution is 7.89. The van der Waals surface area contributed by atoms with Crippen LogP contribution in [0, 0.1) is 0 Å². The number of rotatable bonds is 6. The van der Waals surface area contributed by atoms with Gasteiger partial charge in [0.25, 0.3) is 0 Å². The number of hydrogen-bond donors (Lipinski definition) is 2. The second kappa shape index (κ2) is 7.09.